The zero-order valence-corrected chi connectivity index (χ0v) is 13.9. The maximum absolute atomic E-state index is 6.44. The molecule has 0 saturated heterocycles. The second kappa shape index (κ2) is 6.18. The monoisotopic (exact) mass is 348 g/mol. The molecule has 1 aliphatic heterocycles. The summed E-state index contributed by atoms with van der Waals surface area (Å²) < 4.78 is 5.60. The zero-order chi connectivity index (χ0) is 16.6. The van der Waals surface area contributed by atoms with Crippen LogP contribution in [0.1, 0.15) is 18.2 Å². The first kappa shape index (κ1) is 15.8. The van der Waals surface area contributed by atoms with Crippen LogP contribution < -0.4 is 10.5 Å². The van der Waals surface area contributed by atoms with E-state index in [0.29, 0.717) is 51.5 Å². The number of hydrogen-bond acceptors (Lipinski definition) is 5. The maximum atomic E-state index is 6.44. The summed E-state index contributed by atoms with van der Waals surface area (Å²) in [7, 11) is 0. The van der Waals surface area contributed by atoms with E-state index in [1.54, 1.807) is 12.1 Å². The van der Waals surface area contributed by atoms with Crippen LogP contribution >= 0.6 is 23.2 Å². The first-order valence-corrected chi connectivity index (χ1v) is 7.73. The number of hydrogen-bond donors (Lipinski definition) is 1. The molecule has 0 amide bonds. The zero-order valence-electron chi connectivity index (χ0n) is 12.4. The minimum atomic E-state index is 0.138. The molecule has 0 unspecified atom stereocenters. The highest BCUT2D eigenvalue weighted by atomic mass is 35.5. The van der Waals surface area contributed by atoms with E-state index in [1.807, 2.05) is 13.0 Å². The molecule has 1 aliphatic rings. The van der Waals surface area contributed by atoms with Gasteiger partial charge in [-0.15, -0.1) is 0 Å². The third-order valence-corrected chi connectivity index (χ3v) is 4.11. The van der Waals surface area contributed by atoms with Crippen LogP contribution in [-0.4, -0.2) is 23.3 Å². The van der Waals surface area contributed by atoms with Gasteiger partial charge in [0.1, 0.15) is 17.1 Å². The van der Waals surface area contributed by atoms with Crippen LogP contribution in [-0.2, 0) is 6.42 Å². The van der Waals surface area contributed by atoms with E-state index in [1.165, 1.54) is 0 Å². The molecule has 118 valence electrons. The number of benzene rings is 1. The van der Waals surface area contributed by atoms with Crippen LogP contribution in [0, 0.1) is 0 Å². The average molecular weight is 349 g/mol. The van der Waals surface area contributed by atoms with Crippen molar-refractivity contribution in [2.45, 2.75) is 13.3 Å². The van der Waals surface area contributed by atoms with Crippen LogP contribution in [0.15, 0.2) is 17.1 Å². The molecule has 2 heterocycles. The molecule has 2 aromatic rings. The second-order valence-electron chi connectivity index (χ2n) is 4.94. The number of anilines is 1. The summed E-state index contributed by atoms with van der Waals surface area (Å²) >= 11 is 12.6. The van der Waals surface area contributed by atoms with Crippen LogP contribution in [0.4, 0.5) is 11.6 Å². The molecular formula is C16H14Cl2N4O. The summed E-state index contributed by atoms with van der Waals surface area (Å²) in [5, 5.41) is 0.948. The predicted octanol–water partition coefficient (Wildman–Crippen LogP) is 4.33. The van der Waals surface area contributed by atoms with Crippen molar-refractivity contribution in [1.29, 1.82) is 0 Å². The lowest BCUT2D eigenvalue weighted by atomic mass is 10.00. The molecule has 0 fully saturated rings. The van der Waals surface area contributed by atoms with Gasteiger partial charge >= 0.3 is 0 Å². The molecule has 7 heteroatoms. The lowest BCUT2D eigenvalue weighted by molar-refractivity contribution is 0.357. The molecule has 2 N–H and O–H groups in total. The second-order valence-corrected chi connectivity index (χ2v) is 5.76. The minimum absolute atomic E-state index is 0.138. The Morgan fingerprint density at radius 3 is 2.83 bits per heavy atom. The Balaban J connectivity index is 2.36. The molecular weight excluding hydrogens is 335 g/mol. The predicted molar refractivity (Wildman–Crippen MR) is 95.0 cm³/mol. The normalized spacial score (nSPS) is 13.2. The van der Waals surface area contributed by atoms with Gasteiger partial charge in [-0.05, 0) is 25.8 Å². The van der Waals surface area contributed by atoms with Crippen LogP contribution in [0.2, 0.25) is 10.0 Å². The number of nitrogens with zero attached hydrogens (tertiary/aromatic N) is 3. The highest BCUT2D eigenvalue weighted by Gasteiger charge is 2.26. The number of nitrogen functional groups attached to an aromatic ring is 1. The maximum Gasteiger partial charge on any atom is 0.221 e. The highest BCUT2D eigenvalue weighted by molar-refractivity contribution is 6.37. The van der Waals surface area contributed by atoms with Gasteiger partial charge in [0.05, 0.1) is 22.3 Å². The smallest absolute Gasteiger partial charge is 0.221 e. The third-order valence-electron chi connectivity index (χ3n) is 3.53. The Morgan fingerprint density at radius 2 is 2.13 bits per heavy atom. The van der Waals surface area contributed by atoms with Gasteiger partial charge in [-0.2, -0.15) is 0 Å². The molecule has 0 radical (unpaired) electrons. The molecule has 5 nitrogen and oxygen atoms in total. The van der Waals surface area contributed by atoms with Gasteiger partial charge in [-0.1, -0.05) is 29.3 Å². The van der Waals surface area contributed by atoms with Crippen molar-refractivity contribution in [3.63, 3.8) is 0 Å². The summed E-state index contributed by atoms with van der Waals surface area (Å²) in [6.07, 6.45) is 4.33. The van der Waals surface area contributed by atoms with Crippen molar-refractivity contribution in [3.05, 3.63) is 33.4 Å². The van der Waals surface area contributed by atoms with E-state index in [-0.39, 0.29) is 5.95 Å². The third kappa shape index (κ3) is 2.66. The number of allylic oxidation sites excluding steroid dienone is 1. The van der Waals surface area contributed by atoms with Gasteiger partial charge in [0.2, 0.25) is 5.95 Å². The lowest BCUT2D eigenvalue weighted by Crippen LogP contribution is -2.01. The van der Waals surface area contributed by atoms with Crippen LogP contribution in [0.5, 0.6) is 5.75 Å². The van der Waals surface area contributed by atoms with Gasteiger partial charge < -0.3 is 10.5 Å². The Labute approximate surface area is 143 Å². The van der Waals surface area contributed by atoms with Crippen molar-refractivity contribution in [1.82, 2.24) is 9.97 Å². The molecule has 0 saturated carbocycles. The molecule has 1 aromatic carbocycles. The molecule has 0 atom stereocenters. The lowest BCUT2D eigenvalue weighted by Gasteiger charge is -2.14. The Bertz CT molecular complexity index is 834. The van der Waals surface area contributed by atoms with Gasteiger partial charge in [-0.25, -0.2) is 9.97 Å². The average Bonchev–Trinajstić information content (AvgIpc) is 2.97. The first-order valence-electron chi connectivity index (χ1n) is 6.97. The fraction of sp³-hybridized carbons (Fsp3) is 0.188. The fourth-order valence-corrected chi connectivity index (χ4v) is 3.30. The molecule has 23 heavy (non-hydrogen) atoms. The molecule has 0 aliphatic carbocycles. The largest absolute Gasteiger partial charge is 0.491 e. The van der Waals surface area contributed by atoms with Crippen molar-refractivity contribution in [3.8, 4) is 17.0 Å². The van der Waals surface area contributed by atoms with Gasteiger partial charge in [0.15, 0.2) is 0 Å². The van der Waals surface area contributed by atoms with Crippen molar-refractivity contribution < 1.29 is 4.74 Å². The number of aromatic nitrogens is 2. The standard InChI is InChI=1S/C16H14Cl2N4O/c1-3-4-11-13(20-2)14(22-16(19)21-11)12-8-5-6-23-15(8)10(18)7-9(12)17/h3-4,7H,2,5-6H2,1H3,(H2,19,21,22)/b4-3-. The van der Waals surface area contributed by atoms with Gasteiger partial charge in [0, 0.05) is 17.5 Å². The number of fused-ring (bicyclic) bond motifs is 1. The summed E-state index contributed by atoms with van der Waals surface area (Å²) in [6, 6.07) is 1.64. The molecule has 3 rings (SSSR count). The Kier molecular flexibility index (Phi) is 4.24. The topological polar surface area (TPSA) is 73.4 Å². The number of rotatable bonds is 3. The Morgan fingerprint density at radius 1 is 1.35 bits per heavy atom. The molecule has 0 spiro atoms. The first-order chi connectivity index (χ1) is 11.1. The summed E-state index contributed by atoms with van der Waals surface area (Å²) in [4.78, 5) is 12.6. The number of ether oxygens (including phenoxy) is 1. The minimum Gasteiger partial charge on any atom is -0.491 e. The molecule has 1 aromatic heterocycles. The summed E-state index contributed by atoms with van der Waals surface area (Å²) in [5.41, 5.74) is 9.11. The van der Waals surface area contributed by atoms with E-state index in [9.17, 15) is 0 Å². The van der Waals surface area contributed by atoms with E-state index in [2.05, 4.69) is 21.7 Å². The number of halogens is 2. The van der Waals surface area contributed by atoms with Crippen molar-refractivity contribution >= 4 is 47.6 Å². The number of aliphatic imine (C=N–C) groups is 1. The summed E-state index contributed by atoms with van der Waals surface area (Å²) in [5.74, 6) is 0.769. The van der Waals surface area contributed by atoms with E-state index in [0.717, 1.165) is 5.56 Å². The van der Waals surface area contributed by atoms with E-state index in [4.69, 9.17) is 33.7 Å². The van der Waals surface area contributed by atoms with Crippen LogP contribution in [0.3, 0.4) is 0 Å². The molecule has 0 bridgehead atoms. The van der Waals surface area contributed by atoms with Crippen molar-refractivity contribution in [2.24, 2.45) is 4.99 Å². The summed E-state index contributed by atoms with van der Waals surface area (Å²) in [6.45, 7) is 6.05. The Hall–Kier alpha value is -2.11. The van der Waals surface area contributed by atoms with E-state index < -0.39 is 0 Å². The SMILES string of the molecule is C=Nc1c(/C=C\C)nc(N)nc1-c1c(Cl)cc(Cl)c2c1CCO2. The van der Waals surface area contributed by atoms with Gasteiger partial charge in [0.25, 0.3) is 0 Å². The number of nitrogens with two attached hydrogens (primary N) is 1. The fourth-order valence-electron chi connectivity index (χ4n) is 2.65. The van der Waals surface area contributed by atoms with Gasteiger partial charge in [-0.3, -0.25) is 4.99 Å². The van der Waals surface area contributed by atoms with Crippen LogP contribution in [0.25, 0.3) is 17.3 Å². The van der Waals surface area contributed by atoms with Crippen molar-refractivity contribution in [2.75, 3.05) is 12.3 Å². The van der Waals surface area contributed by atoms with E-state index >= 15 is 0 Å². The highest BCUT2D eigenvalue weighted by Crippen LogP contribution is 2.46. The quantitative estimate of drug-likeness (QED) is 0.837.